The molecule has 0 unspecified atom stereocenters. The lowest BCUT2D eigenvalue weighted by Gasteiger charge is -2.25. The molecule has 0 aromatic carbocycles. The molecule has 6 nitrogen and oxygen atoms in total. The van der Waals surface area contributed by atoms with Crippen molar-refractivity contribution in [2.75, 3.05) is 23.5 Å². The topological polar surface area (TPSA) is 87.0 Å². The normalized spacial score (nSPS) is 12.8. The van der Waals surface area contributed by atoms with E-state index in [-0.39, 0.29) is 23.2 Å². The molecule has 0 aliphatic carbocycles. The molecule has 18 heavy (non-hydrogen) atoms. The minimum absolute atomic E-state index is 0.0711. The highest BCUT2D eigenvalue weighted by molar-refractivity contribution is 7.91. The lowest BCUT2D eigenvalue weighted by Crippen LogP contribution is -2.36. The second-order valence-corrected chi connectivity index (χ2v) is 6.43. The average Bonchev–Trinajstić information content (AvgIpc) is 2.37. The summed E-state index contributed by atoms with van der Waals surface area (Å²) in [6, 6.07) is 1.68. The van der Waals surface area contributed by atoms with Gasteiger partial charge in [-0.1, -0.05) is 6.92 Å². The Morgan fingerprint density at radius 1 is 1.44 bits per heavy atom. The second kappa shape index (κ2) is 5.78. The number of anilines is 1. The molecule has 1 aromatic rings. The van der Waals surface area contributed by atoms with Crippen LogP contribution in [0.4, 0.5) is 5.82 Å². The molecule has 0 N–H and O–H groups in total. The van der Waals surface area contributed by atoms with Crippen LogP contribution < -0.4 is 4.90 Å². The smallest absolute Gasteiger partial charge is 0.158 e. The lowest BCUT2D eigenvalue weighted by atomic mass is 10.3. The van der Waals surface area contributed by atoms with Gasteiger partial charge in [-0.2, -0.15) is 5.26 Å². The van der Waals surface area contributed by atoms with Gasteiger partial charge in [-0.25, -0.2) is 18.4 Å². The number of rotatable bonds is 5. The van der Waals surface area contributed by atoms with E-state index in [1.54, 1.807) is 18.9 Å². The van der Waals surface area contributed by atoms with Crippen LogP contribution in [-0.2, 0) is 9.84 Å². The molecule has 0 aliphatic heterocycles. The van der Waals surface area contributed by atoms with Gasteiger partial charge in [-0.05, 0) is 6.92 Å². The quantitative estimate of drug-likeness (QED) is 0.777. The van der Waals surface area contributed by atoms with Crippen molar-refractivity contribution in [3.63, 3.8) is 0 Å². The van der Waals surface area contributed by atoms with Crippen molar-refractivity contribution < 1.29 is 8.42 Å². The van der Waals surface area contributed by atoms with Crippen molar-refractivity contribution in [2.45, 2.75) is 19.9 Å². The third kappa shape index (κ3) is 3.67. The maximum Gasteiger partial charge on any atom is 0.158 e. The van der Waals surface area contributed by atoms with E-state index >= 15 is 0 Å². The predicted octanol–water partition coefficient (Wildman–Crippen LogP) is 0.608. The van der Waals surface area contributed by atoms with Crippen LogP contribution in [0.1, 0.15) is 19.5 Å². The van der Waals surface area contributed by atoms with Gasteiger partial charge in [0.25, 0.3) is 0 Å². The van der Waals surface area contributed by atoms with Crippen LogP contribution in [0.5, 0.6) is 0 Å². The van der Waals surface area contributed by atoms with Crippen LogP contribution in [0.25, 0.3) is 0 Å². The number of sulfone groups is 1. The number of nitrogens with zero attached hydrogens (tertiary/aromatic N) is 4. The van der Waals surface area contributed by atoms with E-state index in [0.29, 0.717) is 5.82 Å². The van der Waals surface area contributed by atoms with Crippen LogP contribution in [-0.4, -0.2) is 43.0 Å². The molecule has 0 spiro atoms. The molecule has 0 saturated carbocycles. The van der Waals surface area contributed by atoms with Gasteiger partial charge in [0.1, 0.15) is 11.9 Å². The minimum Gasteiger partial charge on any atom is -0.355 e. The molecule has 0 aliphatic rings. The molecular formula is C11H16N4O2S. The van der Waals surface area contributed by atoms with Crippen LogP contribution in [0.3, 0.4) is 0 Å². The summed E-state index contributed by atoms with van der Waals surface area (Å²) in [6.07, 6.45) is 2.83. The standard InChI is InChI=1S/C11H16N4O2S/c1-4-18(16,17)8-9(2)15(3)11-7-13-10(5-12)6-14-11/h6-7,9H,4,8H2,1-3H3/t9-/m1/s1. The first-order valence-electron chi connectivity index (χ1n) is 5.55. The van der Waals surface area contributed by atoms with E-state index in [9.17, 15) is 8.42 Å². The van der Waals surface area contributed by atoms with Gasteiger partial charge in [0, 0.05) is 18.8 Å². The molecule has 0 amide bonds. The second-order valence-electron chi connectivity index (χ2n) is 4.03. The number of hydrogen-bond acceptors (Lipinski definition) is 6. The van der Waals surface area contributed by atoms with Crippen LogP contribution in [0, 0.1) is 11.3 Å². The Kier molecular flexibility index (Phi) is 4.62. The molecule has 98 valence electrons. The first kappa shape index (κ1) is 14.4. The highest BCUT2D eigenvalue weighted by atomic mass is 32.2. The summed E-state index contributed by atoms with van der Waals surface area (Å²) in [4.78, 5) is 9.71. The van der Waals surface area contributed by atoms with E-state index < -0.39 is 9.84 Å². The zero-order valence-electron chi connectivity index (χ0n) is 10.7. The van der Waals surface area contributed by atoms with E-state index in [4.69, 9.17) is 5.26 Å². The molecule has 1 rings (SSSR count). The lowest BCUT2D eigenvalue weighted by molar-refractivity contribution is 0.588. The van der Waals surface area contributed by atoms with Gasteiger partial charge in [-0.15, -0.1) is 0 Å². The average molecular weight is 268 g/mol. The monoisotopic (exact) mass is 268 g/mol. The Bertz CT molecular complexity index is 533. The molecule has 7 heteroatoms. The Morgan fingerprint density at radius 2 is 2.11 bits per heavy atom. The highest BCUT2D eigenvalue weighted by Gasteiger charge is 2.18. The van der Waals surface area contributed by atoms with Gasteiger partial charge in [0.2, 0.25) is 0 Å². The number of aromatic nitrogens is 2. The van der Waals surface area contributed by atoms with Crippen LogP contribution >= 0.6 is 0 Å². The molecule has 1 aromatic heterocycles. The first-order valence-corrected chi connectivity index (χ1v) is 7.37. The van der Waals surface area contributed by atoms with Gasteiger partial charge >= 0.3 is 0 Å². The summed E-state index contributed by atoms with van der Waals surface area (Å²) in [6.45, 7) is 3.44. The zero-order chi connectivity index (χ0) is 13.8. The van der Waals surface area contributed by atoms with Crippen molar-refractivity contribution in [2.24, 2.45) is 0 Å². The molecule has 0 saturated heterocycles. The van der Waals surface area contributed by atoms with Crippen molar-refractivity contribution in [3.05, 3.63) is 18.1 Å². The summed E-state index contributed by atoms with van der Waals surface area (Å²) in [5.41, 5.74) is 0.237. The Balaban J connectivity index is 2.80. The van der Waals surface area contributed by atoms with Crippen molar-refractivity contribution in [1.82, 2.24) is 9.97 Å². The molecule has 1 atom stereocenters. The SMILES string of the molecule is CCS(=O)(=O)C[C@@H](C)N(C)c1cnc(C#N)cn1. The Morgan fingerprint density at radius 3 is 2.56 bits per heavy atom. The highest BCUT2D eigenvalue weighted by Crippen LogP contribution is 2.11. The Hall–Kier alpha value is -1.68. The molecular weight excluding hydrogens is 252 g/mol. The molecule has 1 heterocycles. The molecule has 0 fully saturated rings. The molecule has 0 radical (unpaired) electrons. The summed E-state index contributed by atoms with van der Waals surface area (Å²) >= 11 is 0. The summed E-state index contributed by atoms with van der Waals surface area (Å²) in [5, 5.41) is 8.62. The summed E-state index contributed by atoms with van der Waals surface area (Å²) in [5.74, 6) is 0.749. The van der Waals surface area contributed by atoms with Gasteiger partial charge in [-0.3, -0.25) is 0 Å². The maximum absolute atomic E-state index is 11.5. The number of nitriles is 1. The van der Waals surface area contributed by atoms with Crippen LogP contribution in [0.15, 0.2) is 12.4 Å². The summed E-state index contributed by atoms with van der Waals surface area (Å²) < 4.78 is 23.1. The van der Waals surface area contributed by atoms with Crippen molar-refractivity contribution >= 4 is 15.7 Å². The zero-order valence-corrected chi connectivity index (χ0v) is 11.5. The minimum atomic E-state index is -3.03. The maximum atomic E-state index is 11.5. The largest absolute Gasteiger partial charge is 0.355 e. The van der Waals surface area contributed by atoms with Crippen molar-refractivity contribution in [3.8, 4) is 6.07 Å². The fourth-order valence-electron chi connectivity index (χ4n) is 1.38. The van der Waals surface area contributed by atoms with E-state index in [2.05, 4.69) is 9.97 Å². The Labute approximate surface area is 107 Å². The predicted molar refractivity (Wildman–Crippen MR) is 68.9 cm³/mol. The van der Waals surface area contributed by atoms with Crippen molar-refractivity contribution in [1.29, 1.82) is 5.26 Å². The van der Waals surface area contributed by atoms with Gasteiger partial charge in [0.15, 0.2) is 15.5 Å². The van der Waals surface area contributed by atoms with E-state index in [0.717, 1.165) is 0 Å². The summed E-state index contributed by atoms with van der Waals surface area (Å²) in [7, 11) is -1.27. The third-order valence-corrected chi connectivity index (χ3v) is 4.58. The first-order chi connectivity index (χ1) is 8.39. The fourth-order valence-corrected chi connectivity index (χ4v) is 2.58. The third-order valence-electron chi connectivity index (χ3n) is 2.71. The fraction of sp³-hybridized carbons (Fsp3) is 0.545. The van der Waals surface area contributed by atoms with Gasteiger partial charge in [0.05, 0.1) is 18.1 Å². The van der Waals surface area contributed by atoms with E-state index in [1.165, 1.54) is 12.4 Å². The van der Waals surface area contributed by atoms with Crippen LogP contribution in [0.2, 0.25) is 0 Å². The van der Waals surface area contributed by atoms with E-state index in [1.807, 2.05) is 13.0 Å². The number of hydrogen-bond donors (Lipinski definition) is 0. The molecule has 0 bridgehead atoms. The van der Waals surface area contributed by atoms with Gasteiger partial charge < -0.3 is 4.90 Å².